The highest BCUT2D eigenvalue weighted by Crippen LogP contribution is 2.08. The first kappa shape index (κ1) is 11.6. The van der Waals surface area contributed by atoms with E-state index < -0.39 is 6.29 Å². The summed E-state index contributed by atoms with van der Waals surface area (Å²) in [7, 11) is 0. The summed E-state index contributed by atoms with van der Waals surface area (Å²) in [6.45, 7) is 0. The number of aliphatic hydroxyl groups excluding tert-OH is 1. The fraction of sp³-hybridized carbons (Fsp3) is 0.444. The Morgan fingerprint density at radius 2 is 2.06 bits per heavy atom. The van der Waals surface area contributed by atoms with E-state index in [9.17, 15) is 4.79 Å². The van der Waals surface area contributed by atoms with Gasteiger partial charge in [-0.3, -0.25) is 9.78 Å². The minimum Gasteiger partial charge on any atom is -0.369 e. The number of aryl methyl sites for hydroxylation is 1. The van der Waals surface area contributed by atoms with E-state index in [2.05, 4.69) is 19.9 Å². The Hall–Kier alpha value is -1.93. The topological polar surface area (TPSA) is 141 Å². The number of hydrogen-bond donors (Lipinski definition) is 5. The molecule has 0 saturated heterocycles. The lowest BCUT2D eigenvalue weighted by Gasteiger charge is -2.00. The van der Waals surface area contributed by atoms with Crippen LogP contribution in [0.5, 0.6) is 0 Å². The first-order valence-electron chi connectivity index (χ1n) is 5.17. The largest absolute Gasteiger partial charge is 0.369 e. The molecule has 0 spiro atoms. The molecule has 0 aliphatic carbocycles. The number of nitrogens with one attached hydrogen (secondary N) is 2. The summed E-state index contributed by atoms with van der Waals surface area (Å²) in [4.78, 5) is 24.6. The zero-order valence-electron chi connectivity index (χ0n) is 8.97. The number of nitrogens with two attached hydrogens (primary N) is 1. The number of anilines is 1. The molecule has 6 N–H and O–H groups in total. The van der Waals surface area contributed by atoms with Crippen molar-refractivity contribution in [1.82, 2.24) is 19.9 Å². The molecule has 0 aliphatic rings. The predicted octanol–water partition coefficient (Wildman–Crippen LogP) is -1.14. The minimum atomic E-state index is -1.32. The van der Waals surface area contributed by atoms with Gasteiger partial charge in [0, 0.05) is 6.42 Å². The van der Waals surface area contributed by atoms with Gasteiger partial charge in [0.15, 0.2) is 17.5 Å². The Bertz CT molecular complexity index is 574. The number of H-pyrrole nitrogens is 2. The van der Waals surface area contributed by atoms with E-state index in [1.807, 2.05) is 0 Å². The quantitative estimate of drug-likeness (QED) is 0.427. The van der Waals surface area contributed by atoms with Crippen molar-refractivity contribution in [3.63, 3.8) is 0 Å². The summed E-state index contributed by atoms with van der Waals surface area (Å²) in [5, 5.41) is 17.4. The van der Waals surface area contributed by atoms with Crippen LogP contribution in [0.25, 0.3) is 11.2 Å². The van der Waals surface area contributed by atoms with Gasteiger partial charge in [0.05, 0.1) is 0 Å². The summed E-state index contributed by atoms with van der Waals surface area (Å²) in [5.41, 5.74) is 5.57. The van der Waals surface area contributed by atoms with Crippen molar-refractivity contribution in [2.24, 2.45) is 0 Å². The summed E-state index contributed by atoms with van der Waals surface area (Å²) in [5.74, 6) is 0.593. The molecule has 0 aromatic carbocycles. The number of nitrogens with zero attached hydrogens (tertiary/aromatic N) is 2. The molecular weight excluding hydrogens is 226 g/mol. The molecule has 17 heavy (non-hydrogen) atoms. The van der Waals surface area contributed by atoms with Crippen LogP contribution in [0.1, 0.15) is 18.7 Å². The maximum atomic E-state index is 11.5. The number of aromatic nitrogens is 4. The van der Waals surface area contributed by atoms with Gasteiger partial charge >= 0.3 is 0 Å². The lowest BCUT2D eigenvalue weighted by molar-refractivity contribution is -0.0462. The maximum absolute atomic E-state index is 11.5. The van der Waals surface area contributed by atoms with Gasteiger partial charge in [0.25, 0.3) is 5.56 Å². The zero-order chi connectivity index (χ0) is 12.4. The number of imidazole rings is 1. The van der Waals surface area contributed by atoms with Crippen molar-refractivity contribution in [3.8, 4) is 0 Å². The van der Waals surface area contributed by atoms with E-state index in [1.165, 1.54) is 0 Å². The monoisotopic (exact) mass is 239 g/mol. The number of nitrogen functional groups attached to an aromatic ring is 1. The molecule has 92 valence electrons. The number of rotatable bonds is 4. The fourth-order valence-corrected chi connectivity index (χ4v) is 1.54. The molecule has 2 rings (SSSR count). The second-order valence-electron chi connectivity index (χ2n) is 3.71. The van der Waals surface area contributed by atoms with Crippen LogP contribution in [0.2, 0.25) is 0 Å². The molecule has 2 heterocycles. The molecular formula is C9H13N5O3. The molecule has 0 amide bonds. The van der Waals surface area contributed by atoms with Crippen LogP contribution < -0.4 is 11.3 Å². The third-order valence-corrected chi connectivity index (χ3v) is 2.30. The first-order valence-corrected chi connectivity index (χ1v) is 5.17. The lowest BCUT2D eigenvalue weighted by atomic mass is 10.2. The molecule has 0 atom stereocenters. The van der Waals surface area contributed by atoms with E-state index in [0.29, 0.717) is 18.7 Å². The first-order chi connectivity index (χ1) is 8.06. The molecule has 0 bridgehead atoms. The van der Waals surface area contributed by atoms with E-state index in [0.717, 1.165) is 0 Å². The highest BCUT2D eigenvalue weighted by atomic mass is 16.5. The standard InChI is InChI=1S/C9H13N5O3/c10-9-13-7-6(8(17)14-9)11-4(12-7)2-1-3-5(15)16/h5,15-16H,1-3H2,(H4,10,11,12,13,14,17). The van der Waals surface area contributed by atoms with Gasteiger partial charge in [-0.1, -0.05) is 0 Å². The van der Waals surface area contributed by atoms with Crippen molar-refractivity contribution in [1.29, 1.82) is 0 Å². The summed E-state index contributed by atoms with van der Waals surface area (Å²) >= 11 is 0. The second kappa shape index (κ2) is 4.52. The fourth-order valence-electron chi connectivity index (χ4n) is 1.54. The maximum Gasteiger partial charge on any atom is 0.278 e. The summed E-state index contributed by atoms with van der Waals surface area (Å²) < 4.78 is 0. The molecule has 2 aromatic heterocycles. The summed E-state index contributed by atoms with van der Waals surface area (Å²) in [6, 6.07) is 0. The Kier molecular flexibility index (Phi) is 3.07. The van der Waals surface area contributed by atoms with E-state index in [4.69, 9.17) is 15.9 Å². The second-order valence-corrected chi connectivity index (χ2v) is 3.71. The highest BCUT2D eigenvalue weighted by Gasteiger charge is 2.08. The lowest BCUT2D eigenvalue weighted by Crippen LogP contribution is -2.10. The third-order valence-electron chi connectivity index (χ3n) is 2.30. The SMILES string of the molecule is Nc1nc2nc(CCCC(O)O)[nH]c2c(=O)[nH]1. The molecule has 0 saturated carbocycles. The molecule has 2 aromatic rings. The van der Waals surface area contributed by atoms with Crippen LogP contribution >= 0.6 is 0 Å². The van der Waals surface area contributed by atoms with Gasteiger partial charge in [-0.15, -0.1) is 0 Å². The third kappa shape index (κ3) is 2.60. The Morgan fingerprint density at radius 3 is 2.76 bits per heavy atom. The van der Waals surface area contributed by atoms with Crippen molar-refractivity contribution < 1.29 is 10.2 Å². The molecule has 8 heteroatoms. The average molecular weight is 239 g/mol. The van der Waals surface area contributed by atoms with Crippen LogP contribution in [0, 0.1) is 0 Å². The van der Waals surface area contributed by atoms with Gasteiger partial charge < -0.3 is 20.9 Å². The Balaban J connectivity index is 2.20. The number of hydrogen-bond acceptors (Lipinski definition) is 6. The smallest absolute Gasteiger partial charge is 0.278 e. The van der Waals surface area contributed by atoms with Crippen LogP contribution in [0.3, 0.4) is 0 Å². The van der Waals surface area contributed by atoms with Crippen LogP contribution in [-0.4, -0.2) is 36.4 Å². The van der Waals surface area contributed by atoms with Gasteiger partial charge in [-0.05, 0) is 12.8 Å². The Morgan fingerprint density at radius 1 is 1.29 bits per heavy atom. The van der Waals surface area contributed by atoms with E-state index >= 15 is 0 Å². The zero-order valence-corrected chi connectivity index (χ0v) is 8.97. The Labute approximate surface area is 95.5 Å². The summed E-state index contributed by atoms with van der Waals surface area (Å²) in [6.07, 6.45) is -0.0159. The average Bonchev–Trinajstić information content (AvgIpc) is 2.60. The van der Waals surface area contributed by atoms with Crippen molar-refractivity contribution in [3.05, 3.63) is 16.2 Å². The van der Waals surface area contributed by atoms with Gasteiger partial charge in [0.1, 0.15) is 5.82 Å². The van der Waals surface area contributed by atoms with Gasteiger partial charge in [-0.2, -0.15) is 4.98 Å². The van der Waals surface area contributed by atoms with Crippen LogP contribution in [0.4, 0.5) is 5.95 Å². The number of fused-ring (bicyclic) bond motifs is 1. The van der Waals surface area contributed by atoms with Crippen molar-refractivity contribution in [2.45, 2.75) is 25.6 Å². The van der Waals surface area contributed by atoms with E-state index in [1.54, 1.807) is 0 Å². The van der Waals surface area contributed by atoms with E-state index in [-0.39, 0.29) is 29.1 Å². The van der Waals surface area contributed by atoms with Crippen LogP contribution in [-0.2, 0) is 6.42 Å². The predicted molar refractivity (Wildman–Crippen MR) is 60.1 cm³/mol. The normalized spacial score (nSPS) is 11.5. The minimum absolute atomic E-state index is 0.0198. The van der Waals surface area contributed by atoms with Crippen molar-refractivity contribution >= 4 is 17.1 Å². The molecule has 0 fully saturated rings. The highest BCUT2D eigenvalue weighted by molar-refractivity contribution is 5.70. The number of aromatic amines is 2. The molecule has 8 nitrogen and oxygen atoms in total. The van der Waals surface area contributed by atoms with Gasteiger partial charge in [0.2, 0.25) is 5.95 Å². The molecule has 0 unspecified atom stereocenters. The number of aliphatic hydroxyl groups is 2. The molecule has 0 aliphatic heterocycles. The van der Waals surface area contributed by atoms with Crippen LogP contribution in [0.15, 0.2) is 4.79 Å². The van der Waals surface area contributed by atoms with Crippen molar-refractivity contribution in [2.75, 3.05) is 5.73 Å². The molecule has 0 radical (unpaired) electrons. The van der Waals surface area contributed by atoms with Gasteiger partial charge in [-0.25, -0.2) is 4.98 Å².